The van der Waals surface area contributed by atoms with E-state index in [1.54, 1.807) is 18.2 Å². The van der Waals surface area contributed by atoms with Crippen LogP contribution in [-0.4, -0.2) is 32.2 Å². The molecule has 26 heavy (non-hydrogen) atoms. The highest BCUT2D eigenvalue weighted by atomic mass is 32.2. The highest BCUT2D eigenvalue weighted by Crippen LogP contribution is 2.34. The molecule has 0 spiro atoms. The number of halogens is 1. The fourth-order valence-electron chi connectivity index (χ4n) is 2.59. The van der Waals surface area contributed by atoms with E-state index in [4.69, 9.17) is 12.2 Å². The Hall–Kier alpha value is -2.51. The Labute approximate surface area is 159 Å². The molecule has 3 rings (SSSR count). The molecule has 7 heteroatoms. The fourth-order valence-corrected chi connectivity index (χ4v) is 3.94. The Bertz CT molecular complexity index is 881. The predicted molar refractivity (Wildman–Crippen MR) is 103 cm³/mol. The lowest BCUT2D eigenvalue weighted by molar-refractivity contribution is -0.145. The summed E-state index contributed by atoms with van der Waals surface area (Å²) in [6.07, 6.45) is 1.74. The number of thiocarbonyl (C=S) groups is 1. The van der Waals surface area contributed by atoms with Crippen molar-refractivity contribution in [3.05, 3.63) is 76.4 Å². The molecule has 0 unspecified atom stereocenters. The quantitative estimate of drug-likeness (QED) is 0.626. The summed E-state index contributed by atoms with van der Waals surface area (Å²) in [7, 11) is 0. The van der Waals surface area contributed by atoms with Crippen molar-refractivity contribution >= 4 is 46.3 Å². The first-order chi connectivity index (χ1) is 12.5. The van der Waals surface area contributed by atoms with Gasteiger partial charge in [-0.2, -0.15) is 0 Å². The first-order valence-corrected chi connectivity index (χ1v) is 8.97. The molecule has 1 aliphatic heterocycles. The highest BCUT2D eigenvalue weighted by molar-refractivity contribution is 8.26. The van der Waals surface area contributed by atoms with Crippen LogP contribution in [-0.2, 0) is 16.0 Å². The number of amides is 1. The smallest absolute Gasteiger partial charge is 0.327 e. The van der Waals surface area contributed by atoms with Gasteiger partial charge in [0.15, 0.2) is 0 Å². The van der Waals surface area contributed by atoms with Gasteiger partial charge >= 0.3 is 5.97 Å². The number of benzene rings is 2. The zero-order valence-corrected chi connectivity index (χ0v) is 15.1. The van der Waals surface area contributed by atoms with Crippen LogP contribution in [0.4, 0.5) is 4.39 Å². The van der Waals surface area contributed by atoms with Crippen LogP contribution >= 0.6 is 24.0 Å². The molecular weight excluding hydrogens is 373 g/mol. The van der Waals surface area contributed by atoms with Crippen molar-refractivity contribution in [2.45, 2.75) is 12.5 Å². The van der Waals surface area contributed by atoms with Gasteiger partial charge in [0.1, 0.15) is 16.2 Å². The Kier molecular flexibility index (Phi) is 5.49. The van der Waals surface area contributed by atoms with Gasteiger partial charge in [0, 0.05) is 6.42 Å². The standard InChI is InChI=1S/C19H14FNO3S2/c20-14-8-6-13(7-9-14)11-16-17(22)21(19(25)26-16)15(18(23)24)10-12-4-2-1-3-5-12/h1-9,11,15H,10H2,(H,23,24)/b16-11+/t15-/m0/s1. The Morgan fingerprint density at radius 1 is 1.19 bits per heavy atom. The van der Waals surface area contributed by atoms with E-state index in [0.29, 0.717) is 10.5 Å². The molecular formula is C19H14FNO3S2. The zero-order chi connectivity index (χ0) is 18.7. The molecule has 0 bridgehead atoms. The van der Waals surface area contributed by atoms with E-state index in [-0.39, 0.29) is 16.6 Å². The van der Waals surface area contributed by atoms with Crippen molar-refractivity contribution in [1.82, 2.24) is 4.90 Å². The van der Waals surface area contributed by atoms with Gasteiger partial charge in [-0.3, -0.25) is 9.69 Å². The van der Waals surface area contributed by atoms with Crippen LogP contribution in [0.2, 0.25) is 0 Å². The average molecular weight is 387 g/mol. The van der Waals surface area contributed by atoms with Crippen molar-refractivity contribution < 1.29 is 19.1 Å². The van der Waals surface area contributed by atoms with E-state index >= 15 is 0 Å². The minimum absolute atomic E-state index is 0.159. The Morgan fingerprint density at radius 3 is 2.46 bits per heavy atom. The van der Waals surface area contributed by atoms with Crippen LogP contribution in [0.15, 0.2) is 59.5 Å². The summed E-state index contributed by atoms with van der Waals surface area (Å²) in [5, 5.41) is 9.61. The normalized spacial score (nSPS) is 17.0. The number of carbonyl (C=O) groups excluding carboxylic acids is 1. The number of rotatable bonds is 5. The lowest BCUT2D eigenvalue weighted by atomic mass is 10.0. The molecule has 2 aromatic rings. The summed E-state index contributed by atoms with van der Waals surface area (Å²) >= 11 is 6.30. The molecule has 2 aromatic carbocycles. The van der Waals surface area contributed by atoms with Crippen molar-refractivity contribution in [1.29, 1.82) is 0 Å². The third kappa shape index (κ3) is 4.00. The molecule has 1 N–H and O–H groups in total. The van der Waals surface area contributed by atoms with E-state index in [1.807, 2.05) is 30.3 Å². The molecule has 0 radical (unpaired) electrons. The van der Waals surface area contributed by atoms with Crippen molar-refractivity contribution in [3.8, 4) is 0 Å². The van der Waals surface area contributed by atoms with Gasteiger partial charge < -0.3 is 5.11 Å². The van der Waals surface area contributed by atoms with E-state index < -0.39 is 17.9 Å². The number of carboxylic acids is 1. The van der Waals surface area contributed by atoms with Gasteiger partial charge in [0.05, 0.1) is 4.91 Å². The van der Waals surface area contributed by atoms with Crippen molar-refractivity contribution in [3.63, 3.8) is 0 Å². The summed E-state index contributed by atoms with van der Waals surface area (Å²) in [4.78, 5) is 26.0. The van der Waals surface area contributed by atoms with Gasteiger partial charge in [-0.15, -0.1) is 0 Å². The van der Waals surface area contributed by atoms with Gasteiger partial charge in [-0.1, -0.05) is 66.4 Å². The predicted octanol–water partition coefficient (Wildman–Crippen LogP) is 3.72. The molecule has 0 aromatic heterocycles. The molecule has 0 saturated carbocycles. The second-order valence-electron chi connectivity index (χ2n) is 5.65. The molecule has 4 nitrogen and oxygen atoms in total. The number of nitrogens with zero attached hydrogens (tertiary/aromatic N) is 1. The number of carbonyl (C=O) groups is 2. The van der Waals surface area contributed by atoms with Gasteiger partial charge in [-0.05, 0) is 29.3 Å². The maximum Gasteiger partial charge on any atom is 0.327 e. The second-order valence-corrected chi connectivity index (χ2v) is 7.32. The number of carboxylic acid groups (broad SMARTS) is 1. The molecule has 1 saturated heterocycles. The van der Waals surface area contributed by atoms with Crippen molar-refractivity contribution in [2.75, 3.05) is 0 Å². The van der Waals surface area contributed by atoms with E-state index in [1.165, 1.54) is 12.1 Å². The third-order valence-corrected chi connectivity index (χ3v) is 5.19. The minimum Gasteiger partial charge on any atom is -0.480 e. The molecule has 1 aliphatic rings. The van der Waals surface area contributed by atoms with E-state index in [2.05, 4.69) is 0 Å². The summed E-state index contributed by atoms with van der Waals surface area (Å²) in [5.74, 6) is -1.94. The number of hydrogen-bond donors (Lipinski definition) is 1. The largest absolute Gasteiger partial charge is 0.480 e. The SMILES string of the molecule is O=C(O)[C@H](Cc1ccccc1)N1C(=O)/C(=C\c2ccc(F)cc2)SC1=S. The van der Waals surface area contributed by atoms with Crippen LogP contribution in [0.25, 0.3) is 6.08 Å². The molecule has 1 atom stereocenters. The van der Waals surface area contributed by atoms with Gasteiger partial charge in [-0.25, -0.2) is 9.18 Å². The monoisotopic (exact) mass is 387 g/mol. The summed E-state index contributed by atoms with van der Waals surface area (Å²) < 4.78 is 13.2. The number of aliphatic carboxylic acids is 1. The van der Waals surface area contributed by atoms with E-state index in [9.17, 15) is 19.1 Å². The Balaban J connectivity index is 1.86. The summed E-state index contributed by atoms with van der Waals surface area (Å²) in [5.41, 5.74) is 1.44. The maximum absolute atomic E-state index is 13.0. The van der Waals surface area contributed by atoms with Crippen molar-refractivity contribution in [2.24, 2.45) is 0 Å². The molecule has 1 heterocycles. The summed E-state index contributed by atoms with van der Waals surface area (Å²) in [6.45, 7) is 0. The molecule has 0 aliphatic carbocycles. The molecule has 132 valence electrons. The van der Waals surface area contributed by atoms with Crippen LogP contribution in [0, 0.1) is 5.82 Å². The number of hydrogen-bond acceptors (Lipinski definition) is 4. The second kappa shape index (κ2) is 7.80. The maximum atomic E-state index is 13.0. The van der Waals surface area contributed by atoms with Gasteiger partial charge in [0.2, 0.25) is 0 Å². The average Bonchev–Trinajstić information content (AvgIpc) is 2.89. The molecule has 1 amide bonds. The first kappa shape index (κ1) is 18.3. The third-order valence-electron chi connectivity index (χ3n) is 3.86. The molecule has 1 fully saturated rings. The topological polar surface area (TPSA) is 57.6 Å². The van der Waals surface area contributed by atoms with Crippen LogP contribution in [0.1, 0.15) is 11.1 Å². The minimum atomic E-state index is -1.12. The van der Waals surface area contributed by atoms with Crippen LogP contribution in [0.5, 0.6) is 0 Å². The lowest BCUT2D eigenvalue weighted by Crippen LogP contribution is -2.45. The van der Waals surface area contributed by atoms with Gasteiger partial charge in [0.25, 0.3) is 5.91 Å². The zero-order valence-electron chi connectivity index (χ0n) is 13.5. The fraction of sp³-hybridized carbons (Fsp3) is 0.105. The lowest BCUT2D eigenvalue weighted by Gasteiger charge is -2.23. The summed E-state index contributed by atoms with van der Waals surface area (Å²) in [6, 6.07) is 13.7. The van der Waals surface area contributed by atoms with Crippen LogP contribution < -0.4 is 0 Å². The van der Waals surface area contributed by atoms with Crippen LogP contribution in [0.3, 0.4) is 0 Å². The number of thioether (sulfide) groups is 1. The Morgan fingerprint density at radius 2 is 1.85 bits per heavy atom. The highest BCUT2D eigenvalue weighted by Gasteiger charge is 2.40. The van der Waals surface area contributed by atoms with E-state index in [0.717, 1.165) is 22.2 Å². The first-order valence-electron chi connectivity index (χ1n) is 7.75.